The van der Waals surface area contributed by atoms with E-state index in [0.717, 1.165) is 16.6 Å². The summed E-state index contributed by atoms with van der Waals surface area (Å²) in [6.45, 7) is 5.14. The number of carbonyl (C=O) groups is 2. The lowest BCUT2D eigenvalue weighted by Gasteiger charge is -2.05. The van der Waals surface area contributed by atoms with E-state index in [-0.39, 0.29) is 12.4 Å². The maximum absolute atomic E-state index is 12.6. The summed E-state index contributed by atoms with van der Waals surface area (Å²) in [5.74, 6) is 0.390. The van der Waals surface area contributed by atoms with Crippen LogP contribution >= 0.6 is 0 Å². The molecule has 156 valence electrons. The van der Waals surface area contributed by atoms with Gasteiger partial charge in [0.05, 0.1) is 11.2 Å². The fourth-order valence-electron chi connectivity index (χ4n) is 3.45. The third-order valence-electron chi connectivity index (χ3n) is 4.93. The average molecular weight is 415 g/mol. The molecule has 0 atom stereocenters. The summed E-state index contributed by atoms with van der Waals surface area (Å²) < 4.78 is 12.1. The van der Waals surface area contributed by atoms with Gasteiger partial charge in [-0.1, -0.05) is 29.4 Å². The van der Waals surface area contributed by atoms with E-state index < -0.39 is 5.97 Å². The van der Waals surface area contributed by atoms with Crippen LogP contribution < -0.4 is 0 Å². The predicted molar refractivity (Wildman–Crippen MR) is 116 cm³/mol. The van der Waals surface area contributed by atoms with Crippen LogP contribution in [0.25, 0.3) is 22.8 Å². The first-order chi connectivity index (χ1) is 14.9. The summed E-state index contributed by atoms with van der Waals surface area (Å²) in [7, 11) is 0. The molecule has 7 nitrogen and oxygen atoms in total. The van der Waals surface area contributed by atoms with Crippen molar-refractivity contribution in [2.24, 2.45) is 0 Å². The average Bonchev–Trinajstić information content (AvgIpc) is 3.32. The molecule has 0 aliphatic carbocycles. The molecule has 0 saturated carbocycles. The molecular formula is C24H21N3O4. The summed E-state index contributed by atoms with van der Waals surface area (Å²) in [5.41, 5.74) is 3.50. The predicted octanol–water partition coefficient (Wildman–Crippen LogP) is 4.38. The number of ketones is 1. The number of aryl methyl sites for hydroxylation is 2. The number of esters is 1. The number of para-hydroxylation sites is 1. The Morgan fingerprint density at radius 3 is 2.68 bits per heavy atom. The third-order valence-corrected chi connectivity index (χ3v) is 4.93. The van der Waals surface area contributed by atoms with Crippen molar-refractivity contribution in [3.05, 3.63) is 83.0 Å². The Kier molecular flexibility index (Phi) is 5.49. The van der Waals surface area contributed by atoms with Gasteiger partial charge in [0.1, 0.15) is 5.76 Å². The van der Waals surface area contributed by atoms with E-state index in [1.165, 1.54) is 6.08 Å². The van der Waals surface area contributed by atoms with Gasteiger partial charge < -0.3 is 9.26 Å². The van der Waals surface area contributed by atoms with Crippen molar-refractivity contribution in [2.75, 3.05) is 6.61 Å². The van der Waals surface area contributed by atoms with Crippen LogP contribution in [-0.2, 0) is 9.53 Å². The number of benzene rings is 1. The summed E-state index contributed by atoms with van der Waals surface area (Å²) in [6.07, 6.45) is 2.84. The molecular weight excluding hydrogens is 394 g/mol. The Hall–Kier alpha value is -4.00. The minimum atomic E-state index is -0.607. The molecule has 0 amide bonds. The Morgan fingerprint density at radius 2 is 1.90 bits per heavy atom. The SMILES string of the molecule is Cc1cc(-n2c(C)cc(C(=O)COC(=O)C=Cc3ccc4ccccc4n3)c2C)no1. The van der Waals surface area contributed by atoms with Crippen LogP contribution in [0.5, 0.6) is 0 Å². The quantitative estimate of drug-likeness (QED) is 0.264. The number of fused-ring (bicyclic) bond motifs is 1. The van der Waals surface area contributed by atoms with Gasteiger partial charge in [-0.15, -0.1) is 0 Å². The van der Waals surface area contributed by atoms with Gasteiger partial charge in [0.25, 0.3) is 0 Å². The van der Waals surface area contributed by atoms with Crippen LogP contribution in [0.3, 0.4) is 0 Å². The first-order valence-electron chi connectivity index (χ1n) is 9.79. The molecule has 3 aromatic heterocycles. The van der Waals surface area contributed by atoms with E-state index >= 15 is 0 Å². The lowest BCUT2D eigenvalue weighted by Crippen LogP contribution is -2.13. The first-order valence-corrected chi connectivity index (χ1v) is 9.79. The molecule has 4 aromatic rings. The first kappa shape index (κ1) is 20.3. The van der Waals surface area contributed by atoms with Gasteiger partial charge in [0, 0.05) is 34.5 Å². The zero-order valence-electron chi connectivity index (χ0n) is 17.5. The Labute approximate surface area is 178 Å². The molecule has 0 radical (unpaired) electrons. The summed E-state index contributed by atoms with van der Waals surface area (Å²) in [4.78, 5) is 29.2. The maximum Gasteiger partial charge on any atom is 0.331 e. The molecule has 0 bridgehead atoms. The van der Waals surface area contributed by atoms with Crippen molar-refractivity contribution in [1.29, 1.82) is 0 Å². The number of Topliss-reactive ketones (excluding diaryl/α,β-unsaturated/α-hetero) is 1. The van der Waals surface area contributed by atoms with Crippen LogP contribution in [0.15, 0.2) is 59.1 Å². The molecule has 0 spiro atoms. The lowest BCUT2D eigenvalue weighted by atomic mass is 10.1. The highest BCUT2D eigenvalue weighted by molar-refractivity contribution is 6.00. The zero-order chi connectivity index (χ0) is 22.0. The highest BCUT2D eigenvalue weighted by atomic mass is 16.5. The molecule has 0 aliphatic heterocycles. The van der Waals surface area contributed by atoms with Crippen LogP contribution in [-0.4, -0.2) is 33.1 Å². The highest BCUT2D eigenvalue weighted by Gasteiger charge is 2.19. The fourth-order valence-corrected chi connectivity index (χ4v) is 3.45. The molecule has 7 heteroatoms. The molecule has 0 N–H and O–H groups in total. The molecule has 0 fully saturated rings. The van der Waals surface area contributed by atoms with Crippen LogP contribution in [0.4, 0.5) is 0 Å². The normalized spacial score (nSPS) is 11.3. The van der Waals surface area contributed by atoms with Gasteiger partial charge in [-0.3, -0.25) is 9.36 Å². The van der Waals surface area contributed by atoms with Gasteiger partial charge in [-0.25, -0.2) is 9.78 Å². The van der Waals surface area contributed by atoms with Gasteiger partial charge in [-0.05, 0) is 45.0 Å². The molecule has 0 unspecified atom stereocenters. The topological polar surface area (TPSA) is 87.2 Å². The van der Waals surface area contributed by atoms with E-state index in [4.69, 9.17) is 9.26 Å². The van der Waals surface area contributed by atoms with Gasteiger partial charge in [0.2, 0.25) is 5.78 Å². The number of hydrogen-bond acceptors (Lipinski definition) is 6. The Morgan fingerprint density at radius 1 is 1.10 bits per heavy atom. The molecule has 3 heterocycles. The van der Waals surface area contributed by atoms with Crippen molar-refractivity contribution in [3.63, 3.8) is 0 Å². The van der Waals surface area contributed by atoms with Crippen LogP contribution in [0, 0.1) is 20.8 Å². The number of nitrogens with zero attached hydrogens (tertiary/aromatic N) is 3. The smallest absolute Gasteiger partial charge is 0.331 e. The van der Waals surface area contributed by atoms with Gasteiger partial charge in [0.15, 0.2) is 12.4 Å². The Bertz CT molecular complexity index is 1310. The second kappa shape index (κ2) is 8.39. The van der Waals surface area contributed by atoms with E-state index in [9.17, 15) is 9.59 Å². The number of carbonyl (C=O) groups excluding carboxylic acids is 2. The largest absolute Gasteiger partial charge is 0.454 e. The van der Waals surface area contributed by atoms with Crippen molar-refractivity contribution in [2.45, 2.75) is 20.8 Å². The minimum Gasteiger partial charge on any atom is -0.454 e. The van der Waals surface area contributed by atoms with E-state index in [1.54, 1.807) is 25.1 Å². The monoisotopic (exact) mass is 415 g/mol. The molecule has 4 rings (SSSR count). The summed E-state index contributed by atoms with van der Waals surface area (Å²) in [5, 5.41) is 5.02. The number of hydrogen-bond donors (Lipinski definition) is 0. The molecule has 31 heavy (non-hydrogen) atoms. The van der Waals surface area contributed by atoms with Crippen molar-refractivity contribution < 1.29 is 18.8 Å². The number of ether oxygens (including phenoxy) is 1. The van der Waals surface area contributed by atoms with Crippen molar-refractivity contribution in [3.8, 4) is 5.82 Å². The standard InChI is InChI=1S/C24H21N3O4/c1-15-12-20(17(3)27(15)23-13-16(2)31-26-23)22(28)14-30-24(29)11-10-19-9-8-18-6-4-5-7-21(18)25-19/h4-13H,14H2,1-3H3. The molecule has 0 saturated heterocycles. The molecule has 1 aromatic carbocycles. The highest BCUT2D eigenvalue weighted by Crippen LogP contribution is 2.21. The lowest BCUT2D eigenvalue weighted by molar-refractivity contribution is -0.136. The van der Waals surface area contributed by atoms with Gasteiger partial charge >= 0.3 is 5.97 Å². The van der Waals surface area contributed by atoms with E-state index in [0.29, 0.717) is 28.5 Å². The Balaban J connectivity index is 1.41. The third kappa shape index (κ3) is 4.30. The van der Waals surface area contributed by atoms with Crippen molar-refractivity contribution >= 4 is 28.7 Å². The van der Waals surface area contributed by atoms with Gasteiger partial charge in [-0.2, -0.15) is 0 Å². The number of aromatic nitrogens is 3. The summed E-state index contributed by atoms with van der Waals surface area (Å²) in [6, 6.07) is 15.0. The van der Waals surface area contributed by atoms with Crippen LogP contribution in [0.2, 0.25) is 0 Å². The number of rotatable bonds is 6. The van der Waals surface area contributed by atoms with E-state index in [2.05, 4.69) is 10.1 Å². The fraction of sp³-hybridized carbons (Fsp3) is 0.167. The summed E-state index contributed by atoms with van der Waals surface area (Å²) >= 11 is 0. The maximum atomic E-state index is 12.6. The second-order valence-electron chi connectivity index (χ2n) is 7.21. The zero-order valence-corrected chi connectivity index (χ0v) is 17.5. The number of pyridine rings is 1. The van der Waals surface area contributed by atoms with Crippen molar-refractivity contribution in [1.82, 2.24) is 14.7 Å². The van der Waals surface area contributed by atoms with E-state index in [1.807, 2.05) is 54.8 Å². The minimum absolute atomic E-state index is 0.287. The van der Waals surface area contributed by atoms with Crippen LogP contribution in [0.1, 0.15) is 33.2 Å². The second-order valence-corrected chi connectivity index (χ2v) is 7.21. The molecule has 0 aliphatic rings.